The molecule has 4 aromatic rings. The lowest BCUT2D eigenvalue weighted by atomic mass is 10.0. The number of carbonyl (C=O) groups excluding carboxylic acids is 1. The van der Waals surface area contributed by atoms with Gasteiger partial charge < -0.3 is 4.40 Å². The van der Waals surface area contributed by atoms with Crippen molar-refractivity contribution in [3.8, 4) is 11.1 Å². The summed E-state index contributed by atoms with van der Waals surface area (Å²) < 4.78 is 1.97. The minimum Gasteiger partial charge on any atom is -0.313 e. The Morgan fingerprint density at radius 3 is 2.55 bits per heavy atom. The molecule has 2 nitrogen and oxygen atoms in total. The zero-order valence-corrected chi connectivity index (χ0v) is 12.3. The molecule has 106 valence electrons. The summed E-state index contributed by atoms with van der Waals surface area (Å²) in [5.74, 6) is 0. The minimum absolute atomic E-state index is 0.703. The van der Waals surface area contributed by atoms with Crippen LogP contribution in [-0.2, 0) is 0 Å². The van der Waals surface area contributed by atoms with Crippen molar-refractivity contribution in [1.82, 2.24) is 4.40 Å². The third-order valence-corrected chi connectivity index (χ3v) is 4.13. The maximum atomic E-state index is 11.6. The van der Waals surface area contributed by atoms with Crippen molar-refractivity contribution in [2.75, 3.05) is 0 Å². The lowest BCUT2D eigenvalue weighted by Gasteiger charge is -2.04. The molecule has 4 rings (SSSR count). The number of fused-ring (bicyclic) bond motifs is 2. The van der Waals surface area contributed by atoms with Crippen molar-refractivity contribution in [2.45, 2.75) is 6.92 Å². The van der Waals surface area contributed by atoms with Crippen LogP contribution in [0.3, 0.4) is 0 Å². The standard InChI is InChI=1S/C20H15NO/c1-14-6-9-18-11-19(20(13-22)21(18)12-14)17-8-7-15-4-2-3-5-16(15)10-17/h2-13H,1H3. The molecule has 22 heavy (non-hydrogen) atoms. The Kier molecular flexibility index (Phi) is 2.83. The van der Waals surface area contributed by atoms with E-state index in [-0.39, 0.29) is 0 Å². The summed E-state index contributed by atoms with van der Waals surface area (Å²) >= 11 is 0. The highest BCUT2D eigenvalue weighted by Crippen LogP contribution is 2.29. The van der Waals surface area contributed by atoms with Crippen molar-refractivity contribution in [1.29, 1.82) is 0 Å². The second kappa shape index (κ2) is 4.85. The zero-order chi connectivity index (χ0) is 15.1. The number of rotatable bonds is 2. The molecule has 0 N–H and O–H groups in total. The monoisotopic (exact) mass is 285 g/mol. The number of aryl methyl sites for hydroxylation is 1. The number of nitrogens with zero attached hydrogens (tertiary/aromatic N) is 1. The highest BCUT2D eigenvalue weighted by atomic mass is 16.1. The molecule has 2 aromatic carbocycles. The van der Waals surface area contributed by atoms with Gasteiger partial charge >= 0.3 is 0 Å². The van der Waals surface area contributed by atoms with E-state index in [2.05, 4.69) is 42.5 Å². The first-order valence-corrected chi connectivity index (χ1v) is 7.32. The summed E-state index contributed by atoms with van der Waals surface area (Å²) in [4.78, 5) is 11.6. The number of aldehydes is 1. The maximum Gasteiger partial charge on any atom is 0.167 e. The van der Waals surface area contributed by atoms with Gasteiger partial charge in [0.1, 0.15) is 0 Å². The molecule has 0 aliphatic carbocycles. The second-order valence-electron chi connectivity index (χ2n) is 5.62. The van der Waals surface area contributed by atoms with Crippen molar-refractivity contribution >= 4 is 22.6 Å². The molecule has 0 saturated heterocycles. The van der Waals surface area contributed by atoms with Crippen LogP contribution in [0.1, 0.15) is 16.1 Å². The predicted octanol–water partition coefficient (Wildman–Crippen LogP) is 4.88. The van der Waals surface area contributed by atoms with Crippen LogP contribution in [0, 0.1) is 6.92 Å². The maximum absolute atomic E-state index is 11.6. The first kappa shape index (κ1) is 12.8. The number of hydrogen-bond acceptors (Lipinski definition) is 1. The SMILES string of the molecule is Cc1ccc2cc(-c3ccc4ccccc4c3)c(C=O)n2c1. The molecule has 0 radical (unpaired) electrons. The molecule has 0 spiro atoms. The van der Waals surface area contributed by atoms with E-state index in [1.807, 2.05) is 35.7 Å². The predicted molar refractivity (Wildman–Crippen MR) is 90.5 cm³/mol. The molecule has 0 aliphatic heterocycles. The van der Waals surface area contributed by atoms with Crippen molar-refractivity contribution < 1.29 is 4.79 Å². The Labute approximate surface area is 128 Å². The van der Waals surface area contributed by atoms with Crippen LogP contribution in [0.15, 0.2) is 66.9 Å². The number of carbonyl (C=O) groups is 1. The first-order valence-electron chi connectivity index (χ1n) is 7.32. The Hall–Kier alpha value is -2.87. The first-order chi connectivity index (χ1) is 10.8. The van der Waals surface area contributed by atoms with Gasteiger partial charge in [-0.15, -0.1) is 0 Å². The molecule has 2 heteroatoms. The van der Waals surface area contributed by atoms with E-state index in [4.69, 9.17) is 0 Å². The van der Waals surface area contributed by atoms with Crippen LogP contribution in [0.25, 0.3) is 27.4 Å². The van der Waals surface area contributed by atoms with Crippen molar-refractivity contribution in [2.24, 2.45) is 0 Å². The van der Waals surface area contributed by atoms with Crippen LogP contribution in [-0.4, -0.2) is 10.7 Å². The van der Waals surface area contributed by atoms with Gasteiger partial charge in [-0.25, -0.2) is 0 Å². The fraction of sp³-hybridized carbons (Fsp3) is 0.0500. The lowest BCUT2D eigenvalue weighted by Crippen LogP contribution is -1.93. The topological polar surface area (TPSA) is 21.5 Å². The molecular weight excluding hydrogens is 270 g/mol. The Morgan fingerprint density at radius 2 is 1.73 bits per heavy atom. The van der Waals surface area contributed by atoms with E-state index >= 15 is 0 Å². The average molecular weight is 285 g/mol. The van der Waals surface area contributed by atoms with E-state index in [1.54, 1.807) is 0 Å². The van der Waals surface area contributed by atoms with Crippen LogP contribution >= 0.6 is 0 Å². The van der Waals surface area contributed by atoms with Gasteiger partial charge in [-0.2, -0.15) is 0 Å². The van der Waals surface area contributed by atoms with Crippen molar-refractivity contribution in [3.63, 3.8) is 0 Å². The summed E-state index contributed by atoms with van der Waals surface area (Å²) in [6.07, 6.45) is 2.95. The lowest BCUT2D eigenvalue weighted by molar-refractivity contribution is 0.111. The van der Waals surface area contributed by atoms with E-state index in [0.29, 0.717) is 5.69 Å². The molecule has 0 atom stereocenters. The van der Waals surface area contributed by atoms with Gasteiger partial charge in [0.25, 0.3) is 0 Å². The van der Waals surface area contributed by atoms with Gasteiger partial charge in [0, 0.05) is 17.3 Å². The Bertz CT molecular complexity index is 1010. The second-order valence-corrected chi connectivity index (χ2v) is 5.62. The van der Waals surface area contributed by atoms with Gasteiger partial charge in [0.15, 0.2) is 6.29 Å². The van der Waals surface area contributed by atoms with Gasteiger partial charge in [0.05, 0.1) is 5.69 Å². The van der Waals surface area contributed by atoms with E-state index < -0.39 is 0 Å². The van der Waals surface area contributed by atoms with Crippen LogP contribution in [0.5, 0.6) is 0 Å². The molecule has 0 bridgehead atoms. The molecule has 0 aliphatic rings. The molecule has 0 saturated carbocycles. The summed E-state index contributed by atoms with van der Waals surface area (Å²) in [7, 11) is 0. The largest absolute Gasteiger partial charge is 0.313 e. The number of benzene rings is 2. The van der Waals surface area contributed by atoms with Crippen LogP contribution < -0.4 is 0 Å². The molecule has 2 heterocycles. The minimum atomic E-state index is 0.703. The smallest absolute Gasteiger partial charge is 0.167 e. The Morgan fingerprint density at radius 1 is 0.909 bits per heavy atom. The van der Waals surface area contributed by atoms with Gasteiger partial charge in [-0.3, -0.25) is 4.79 Å². The summed E-state index contributed by atoms with van der Waals surface area (Å²) in [5.41, 5.74) is 4.93. The van der Waals surface area contributed by atoms with Gasteiger partial charge in [-0.05, 0) is 47.0 Å². The van der Waals surface area contributed by atoms with Crippen LogP contribution in [0.2, 0.25) is 0 Å². The third kappa shape index (κ3) is 1.92. The normalized spacial score (nSPS) is 11.1. The highest BCUT2D eigenvalue weighted by Gasteiger charge is 2.11. The van der Waals surface area contributed by atoms with E-state index in [0.717, 1.165) is 28.5 Å². The molecule has 0 amide bonds. The fourth-order valence-electron chi connectivity index (χ4n) is 3.00. The van der Waals surface area contributed by atoms with E-state index in [1.165, 1.54) is 10.8 Å². The van der Waals surface area contributed by atoms with Crippen LogP contribution in [0.4, 0.5) is 0 Å². The number of hydrogen-bond donors (Lipinski definition) is 0. The average Bonchev–Trinajstić information content (AvgIpc) is 2.92. The van der Waals surface area contributed by atoms with Crippen molar-refractivity contribution in [3.05, 3.63) is 78.1 Å². The molecular formula is C20H15NO. The zero-order valence-electron chi connectivity index (χ0n) is 12.3. The fourth-order valence-corrected chi connectivity index (χ4v) is 3.00. The number of pyridine rings is 1. The van der Waals surface area contributed by atoms with E-state index in [9.17, 15) is 4.79 Å². The Balaban J connectivity index is 2.00. The summed E-state index contributed by atoms with van der Waals surface area (Å²) in [5, 5.41) is 2.39. The summed E-state index contributed by atoms with van der Waals surface area (Å²) in [6.45, 7) is 2.03. The highest BCUT2D eigenvalue weighted by molar-refractivity contribution is 5.94. The molecule has 0 fully saturated rings. The third-order valence-electron chi connectivity index (χ3n) is 4.13. The molecule has 2 aromatic heterocycles. The van der Waals surface area contributed by atoms with Gasteiger partial charge in [0.2, 0.25) is 0 Å². The van der Waals surface area contributed by atoms with Gasteiger partial charge in [-0.1, -0.05) is 42.5 Å². The summed E-state index contributed by atoms with van der Waals surface area (Å²) in [6, 6.07) is 20.8. The number of aromatic nitrogens is 1. The molecule has 0 unspecified atom stereocenters. The quantitative estimate of drug-likeness (QED) is 0.481.